The Morgan fingerprint density at radius 1 is 1.26 bits per heavy atom. The van der Waals surface area contributed by atoms with Crippen LogP contribution in [0.2, 0.25) is 0 Å². The Morgan fingerprint density at radius 3 is 2.54 bits per heavy atom. The number of aliphatic carboxylic acids is 1. The summed E-state index contributed by atoms with van der Waals surface area (Å²) < 4.78 is 85.2. The predicted octanol–water partition coefficient (Wildman–Crippen LogP) is 4.01. The van der Waals surface area contributed by atoms with Gasteiger partial charge in [-0.1, -0.05) is 0 Å². The molecule has 0 unspecified atom stereocenters. The van der Waals surface area contributed by atoms with Crippen LogP contribution < -0.4 is 19.1 Å². The Balaban J connectivity index is 2.01. The average molecular weight is 579 g/mol. The van der Waals surface area contributed by atoms with E-state index in [4.69, 9.17) is 14.6 Å². The van der Waals surface area contributed by atoms with E-state index in [9.17, 15) is 31.2 Å². The Bertz CT molecular complexity index is 1330. The number of hydrogen-bond donors (Lipinski definition) is 2. The van der Waals surface area contributed by atoms with Crippen molar-refractivity contribution < 1.29 is 50.5 Å². The Labute approximate surface area is 222 Å². The van der Waals surface area contributed by atoms with Crippen LogP contribution in [-0.2, 0) is 26.1 Å². The number of aromatic nitrogens is 2. The number of halogens is 3. The van der Waals surface area contributed by atoms with Crippen molar-refractivity contribution in [1.29, 1.82) is 0 Å². The van der Waals surface area contributed by atoms with Gasteiger partial charge in [0.25, 0.3) is 15.9 Å². The molecule has 216 valence electrons. The molecule has 2 aromatic rings. The zero-order valence-corrected chi connectivity index (χ0v) is 22.4. The van der Waals surface area contributed by atoms with Crippen molar-refractivity contribution in [3.8, 4) is 11.6 Å². The van der Waals surface area contributed by atoms with Gasteiger partial charge in [-0.15, -0.1) is 5.10 Å². The van der Waals surface area contributed by atoms with Crippen LogP contribution in [0.15, 0.2) is 29.3 Å². The molecule has 3 rings (SSSR count). The zero-order chi connectivity index (χ0) is 29.2. The number of fused-ring (bicyclic) bond motifs is 1. The second-order valence-electron chi connectivity index (χ2n) is 9.00. The van der Waals surface area contributed by atoms with Gasteiger partial charge in [-0.3, -0.25) is 19.1 Å². The van der Waals surface area contributed by atoms with Gasteiger partial charge in [-0.25, -0.2) is 13.2 Å². The number of carbonyl (C=O) groups excluding carboxylic acids is 1. The molecule has 16 heteroatoms. The molecule has 1 atom stereocenters. The van der Waals surface area contributed by atoms with E-state index >= 15 is 0 Å². The van der Waals surface area contributed by atoms with Gasteiger partial charge >= 0.3 is 18.2 Å². The molecule has 1 aliphatic heterocycles. The third kappa shape index (κ3) is 6.66. The minimum Gasteiger partial charge on any atom is -0.486 e. The molecule has 0 bridgehead atoms. The predicted molar refractivity (Wildman–Crippen MR) is 132 cm³/mol. The van der Waals surface area contributed by atoms with Gasteiger partial charge in [0.1, 0.15) is 11.9 Å². The van der Waals surface area contributed by atoms with Crippen molar-refractivity contribution in [2.45, 2.75) is 69.9 Å². The van der Waals surface area contributed by atoms with E-state index < -0.39 is 40.0 Å². The van der Waals surface area contributed by atoms with Gasteiger partial charge < -0.3 is 19.3 Å². The van der Waals surface area contributed by atoms with E-state index in [0.717, 1.165) is 4.31 Å². The minimum atomic E-state index is -4.83. The van der Waals surface area contributed by atoms with Crippen molar-refractivity contribution in [3.63, 3.8) is 0 Å². The van der Waals surface area contributed by atoms with Gasteiger partial charge in [0, 0.05) is 24.8 Å². The second-order valence-corrected chi connectivity index (χ2v) is 10.8. The molecule has 0 saturated heterocycles. The highest BCUT2D eigenvalue weighted by molar-refractivity contribution is 7.93. The molecule has 0 aliphatic carbocycles. The molecule has 2 N–H and O–H groups in total. The summed E-state index contributed by atoms with van der Waals surface area (Å²) in [5.74, 6) is -1.18. The summed E-state index contributed by atoms with van der Waals surface area (Å²) in [6.07, 6.45) is -6.08. The maximum Gasteiger partial charge on any atom is 0.427 e. The monoisotopic (exact) mass is 578 g/mol. The van der Waals surface area contributed by atoms with Crippen LogP contribution in [-0.4, -0.2) is 66.4 Å². The minimum absolute atomic E-state index is 0.00775. The lowest BCUT2D eigenvalue weighted by atomic mass is 10.1. The maximum atomic E-state index is 13.9. The van der Waals surface area contributed by atoms with Crippen molar-refractivity contribution in [3.05, 3.63) is 24.4 Å². The first kappa shape index (κ1) is 29.9. The normalized spacial score (nSPS) is 15.8. The largest absolute Gasteiger partial charge is 0.486 e. The molecule has 0 fully saturated rings. The summed E-state index contributed by atoms with van der Waals surface area (Å²) in [6.45, 7) is 4.97. The maximum absolute atomic E-state index is 13.9. The summed E-state index contributed by atoms with van der Waals surface area (Å²) in [4.78, 5) is 23.1. The number of rotatable bonds is 10. The quantitative estimate of drug-likeness (QED) is 0.426. The summed E-state index contributed by atoms with van der Waals surface area (Å²) in [5, 5.41) is 15.4. The molecule has 0 spiro atoms. The van der Waals surface area contributed by atoms with E-state index in [0.29, 0.717) is 20.4 Å². The van der Waals surface area contributed by atoms with Crippen LogP contribution in [0.1, 0.15) is 40.5 Å². The molecular formula is C23H29F3N4O8S. The van der Waals surface area contributed by atoms with Crippen LogP contribution in [0, 0.1) is 0 Å². The van der Waals surface area contributed by atoms with Crippen molar-refractivity contribution in [2.75, 3.05) is 22.8 Å². The highest BCUT2D eigenvalue weighted by Crippen LogP contribution is 2.41. The fraction of sp³-hybridized carbons (Fsp3) is 0.522. The molecule has 1 aromatic carbocycles. The Kier molecular flexibility index (Phi) is 8.57. The van der Waals surface area contributed by atoms with Crippen LogP contribution in [0.25, 0.3) is 0 Å². The molecule has 39 heavy (non-hydrogen) atoms. The molecule has 1 amide bonds. The molecule has 0 saturated carbocycles. The number of hydrogen-bond acceptors (Lipinski definition) is 8. The molecule has 12 nitrogen and oxygen atoms in total. The van der Waals surface area contributed by atoms with E-state index in [1.807, 2.05) is 0 Å². The van der Waals surface area contributed by atoms with Crippen LogP contribution >= 0.6 is 0 Å². The fourth-order valence-corrected chi connectivity index (χ4v) is 5.14. The van der Waals surface area contributed by atoms with Gasteiger partial charge in [0.2, 0.25) is 5.60 Å². The lowest BCUT2D eigenvalue weighted by Gasteiger charge is -2.35. The first-order chi connectivity index (χ1) is 18.1. The fourth-order valence-electron chi connectivity index (χ4n) is 3.56. The highest BCUT2D eigenvalue weighted by Gasteiger charge is 2.51. The van der Waals surface area contributed by atoms with E-state index in [1.54, 1.807) is 13.8 Å². The highest BCUT2D eigenvalue weighted by atomic mass is 32.2. The number of carboxylic acid groups (broad SMARTS) is 1. The summed E-state index contributed by atoms with van der Waals surface area (Å²) in [7, 11) is -4.38. The van der Waals surface area contributed by atoms with Crippen LogP contribution in [0.5, 0.6) is 11.6 Å². The number of nitrogens with zero attached hydrogens (tertiary/aromatic N) is 3. The van der Waals surface area contributed by atoms with E-state index in [-0.39, 0.29) is 53.9 Å². The topological polar surface area (TPSA) is 149 Å². The molecule has 0 radical (unpaired) electrons. The van der Waals surface area contributed by atoms with Gasteiger partial charge in [0.05, 0.1) is 18.8 Å². The SMILES string of the molecule is CCOc1nn(CC)cc1S(=O)(=O)N1C[C@H](CCC(=O)O)Oc2ccc(NC(=O)OC(C)(C)C(F)(F)F)cc21. The lowest BCUT2D eigenvalue weighted by Crippen LogP contribution is -2.44. The van der Waals surface area contributed by atoms with E-state index in [1.165, 1.54) is 29.1 Å². The number of aryl methyl sites for hydroxylation is 1. The van der Waals surface area contributed by atoms with Gasteiger partial charge in [-0.2, -0.15) is 13.2 Å². The number of carboxylic acids is 1. The second kappa shape index (κ2) is 11.2. The zero-order valence-electron chi connectivity index (χ0n) is 21.6. The van der Waals surface area contributed by atoms with Crippen molar-refractivity contribution >= 4 is 33.5 Å². The first-order valence-corrected chi connectivity index (χ1v) is 13.3. The first-order valence-electron chi connectivity index (χ1n) is 11.9. The number of carbonyl (C=O) groups is 2. The number of anilines is 2. The Hall–Kier alpha value is -3.69. The number of nitrogens with one attached hydrogen (secondary N) is 1. The molecule has 2 heterocycles. The number of amides is 1. The molecule has 1 aromatic heterocycles. The number of benzene rings is 1. The average Bonchev–Trinajstić information content (AvgIpc) is 3.25. The summed E-state index contributed by atoms with van der Waals surface area (Å²) >= 11 is 0. The van der Waals surface area contributed by atoms with Gasteiger partial charge in [-0.05, 0) is 52.3 Å². The summed E-state index contributed by atoms with van der Waals surface area (Å²) in [6, 6.07) is 3.80. The van der Waals surface area contributed by atoms with Crippen molar-refractivity contribution in [2.24, 2.45) is 0 Å². The van der Waals surface area contributed by atoms with Gasteiger partial charge in [0.15, 0.2) is 4.90 Å². The third-order valence-corrected chi connectivity index (χ3v) is 7.48. The van der Waals surface area contributed by atoms with Crippen LogP contribution in [0.3, 0.4) is 0 Å². The molecule has 1 aliphatic rings. The van der Waals surface area contributed by atoms with Crippen LogP contribution in [0.4, 0.5) is 29.3 Å². The number of sulfonamides is 1. The summed E-state index contributed by atoms with van der Waals surface area (Å²) in [5.41, 5.74) is -2.89. The standard InChI is InChI=1S/C23H29F3N4O8S/c1-5-29-13-18(20(28-29)36-6-2)39(34,35)30-12-15(8-10-19(31)32)37-17-9-7-14(11-16(17)30)27-21(33)38-22(3,4)23(24,25)26/h7,9,11,13,15H,5-6,8,10,12H2,1-4H3,(H,27,33)(H,31,32)/t15-/m0/s1. The smallest absolute Gasteiger partial charge is 0.427 e. The lowest BCUT2D eigenvalue weighted by molar-refractivity contribution is -0.242. The van der Waals surface area contributed by atoms with E-state index in [2.05, 4.69) is 15.2 Å². The number of ether oxygens (including phenoxy) is 3. The van der Waals surface area contributed by atoms with Crippen molar-refractivity contribution in [1.82, 2.24) is 9.78 Å². The Morgan fingerprint density at radius 2 is 1.95 bits per heavy atom. The number of alkyl halides is 3. The molecular weight excluding hydrogens is 549 g/mol. The third-order valence-electron chi connectivity index (χ3n) is 5.72.